The van der Waals surface area contributed by atoms with Gasteiger partial charge >= 0.3 is 0 Å². The lowest BCUT2D eigenvalue weighted by Gasteiger charge is -2.22. The van der Waals surface area contributed by atoms with Crippen LogP contribution in [0.1, 0.15) is 76.3 Å². The second kappa shape index (κ2) is 12.4. The van der Waals surface area contributed by atoms with Gasteiger partial charge in [0.1, 0.15) is 17.3 Å². The van der Waals surface area contributed by atoms with Gasteiger partial charge in [0, 0.05) is 24.3 Å². The topological polar surface area (TPSA) is 85.6 Å². The molecule has 7 rings (SSSR count). The van der Waals surface area contributed by atoms with E-state index in [1.54, 1.807) is 12.1 Å². The van der Waals surface area contributed by atoms with E-state index in [0.29, 0.717) is 24.6 Å². The minimum Gasteiger partial charge on any atom is -0.367 e. The molecule has 8 nitrogen and oxygen atoms in total. The number of hydrogen-bond acceptors (Lipinski definition) is 7. The summed E-state index contributed by atoms with van der Waals surface area (Å²) in [6.45, 7) is 1.06. The van der Waals surface area contributed by atoms with Crippen molar-refractivity contribution in [2.75, 3.05) is 17.2 Å². The van der Waals surface area contributed by atoms with Gasteiger partial charge in [0.05, 0.1) is 29.1 Å². The standard InChI is InChI=1S/C33H39FN6O2/c34-23-17-15-22(16-18-23)32-31(28-12-7-13-29(40(28)39-32)35-24-8-1-2-9-24)27-20-26(21-42-30-14-5-6-19-41-30)37-33(38-27)36-25-10-3-4-11-25/h7,12-13,15-18,20,24-25,30,35H,1-6,8-11,14,19,21H2,(H,36,37,38). The van der Waals surface area contributed by atoms with Crippen LogP contribution in [0, 0.1) is 5.82 Å². The molecule has 3 fully saturated rings. The maximum atomic E-state index is 14.0. The third-order valence-corrected chi connectivity index (χ3v) is 8.76. The van der Waals surface area contributed by atoms with Gasteiger partial charge in [-0.15, -0.1) is 0 Å². The molecule has 3 aliphatic rings. The number of benzene rings is 1. The molecule has 1 unspecified atom stereocenters. The lowest BCUT2D eigenvalue weighted by Crippen LogP contribution is -2.22. The van der Waals surface area contributed by atoms with Gasteiger partial charge in [-0.3, -0.25) is 0 Å². The van der Waals surface area contributed by atoms with Crippen molar-refractivity contribution in [3.05, 3.63) is 60.0 Å². The Hall–Kier alpha value is -3.56. The largest absolute Gasteiger partial charge is 0.367 e. The van der Waals surface area contributed by atoms with E-state index >= 15 is 0 Å². The zero-order valence-corrected chi connectivity index (χ0v) is 24.0. The Kier molecular flexibility index (Phi) is 8.02. The molecule has 1 aliphatic heterocycles. The molecule has 4 heterocycles. The van der Waals surface area contributed by atoms with Gasteiger partial charge < -0.3 is 20.1 Å². The summed E-state index contributed by atoms with van der Waals surface area (Å²) in [6, 6.07) is 15.6. The van der Waals surface area contributed by atoms with Crippen LogP contribution in [0.5, 0.6) is 0 Å². The fraction of sp³-hybridized carbons (Fsp3) is 0.485. The Morgan fingerprint density at radius 2 is 1.60 bits per heavy atom. The number of nitrogens with one attached hydrogen (secondary N) is 2. The number of ether oxygens (including phenoxy) is 2. The SMILES string of the molecule is Fc1ccc(-c2nn3c(NC4CCCC4)cccc3c2-c2cc(COC3CCCCO3)nc(NC3CCCC3)n2)cc1. The zero-order valence-electron chi connectivity index (χ0n) is 24.0. The van der Waals surface area contributed by atoms with E-state index < -0.39 is 0 Å². The van der Waals surface area contributed by atoms with E-state index in [0.717, 1.165) is 91.1 Å². The van der Waals surface area contributed by atoms with Crippen molar-refractivity contribution in [1.82, 2.24) is 19.6 Å². The molecule has 2 saturated carbocycles. The predicted molar refractivity (Wildman–Crippen MR) is 162 cm³/mol. The minimum atomic E-state index is -0.276. The van der Waals surface area contributed by atoms with E-state index in [2.05, 4.69) is 28.8 Å². The smallest absolute Gasteiger partial charge is 0.223 e. The summed E-state index contributed by atoms with van der Waals surface area (Å²) in [5.41, 5.74) is 4.97. The number of hydrogen-bond donors (Lipinski definition) is 2. The predicted octanol–water partition coefficient (Wildman–Crippen LogP) is 7.35. The van der Waals surface area contributed by atoms with Crippen LogP contribution in [-0.4, -0.2) is 44.6 Å². The maximum Gasteiger partial charge on any atom is 0.223 e. The molecule has 1 aromatic carbocycles. The number of pyridine rings is 1. The van der Waals surface area contributed by atoms with E-state index in [1.165, 1.54) is 37.8 Å². The second-order valence-electron chi connectivity index (χ2n) is 11.9. The van der Waals surface area contributed by atoms with Gasteiger partial charge in [-0.05, 0) is 87.4 Å². The van der Waals surface area contributed by atoms with Crippen LogP contribution in [0.15, 0.2) is 48.5 Å². The van der Waals surface area contributed by atoms with Crippen molar-refractivity contribution in [2.45, 2.75) is 95.6 Å². The molecular weight excluding hydrogens is 531 g/mol. The molecule has 4 aromatic rings. The first-order valence-corrected chi connectivity index (χ1v) is 15.6. The molecule has 0 radical (unpaired) electrons. The van der Waals surface area contributed by atoms with Crippen LogP contribution in [0.3, 0.4) is 0 Å². The highest BCUT2D eigenvalue weighted by molar-refractivity contribution is 5.91. The van der Waals surface area contributed by atoms with Crippen LogP contribution >= 0.6 is 0 Å². The molecule has 0 amide bonds. The quantitative estimate of drug-likeness (QED) is 0.218. The number of nitrogens with zero attached hydrogens (tertiary/aromatic N) is 4. The molecule has 42 heavy (non-hydrogen) atoms. The highest BCUT2D eigenvalue weighted by Gasteiger charge is 2.24. The van der Waals surface area contributed by atoms with E-state index in [4.69, 9.17) is 24.5 Å². The molecule has 3 aromatic heterocycles. The van der Waals surface area contributed by atoms with Crippen molar-refractivity contribution in [3.8, 4) is 22.5 Å². The minimum absolute atomic E-state index is 0.209. The number of rotatable bonds is 9. The van der Waals surface area contributed by atoms with E-state index in [-0.39, 0.29) is 12.1 Å². The van der Waals surface area contributed by atoms with Gasteiger partial charge in [-0.1, -0.05) is 31.7 Å². The normalized spacial score (nSPS) is 20.0. The number of anilines is 2. The molecule has 2 N–H and O–H groups in total. The number of halogens is 1. The molecule has 2 aliphatic carbocycles. The van der Waals surface area contributed by atoms with Crippen LogP contribution in [-0.2, 0) is 16.1 Å². The summed E-state index contributed by atoms with van der Waals surface area (Å²) < 4.78 is 27.9. The van der Waals surface area contributed by atoms with Crippen LogP contribution in [0.25, 0.3) is 28.0 Å². The average Bonchev–Trinajstić information content (AvgIpc) is 3.79. The third-order valence-electron chi connectivity index (χ3n) is 8.76. The lowest BCUT2D eigenvalue weighted by molar-refractivity contribution is -0.169. The van der Waals surface area contributed by atoms with Crippen LogP contribution < -0.4 is 10.6 Å². The average molecular weight is 571 g/mol. The van der Waals surface area contributed by atoms with Crippen LogP contribution in [0.2, 0.25) is 0 Å². The summed E-state index contributed by atoms with van der Waals surface area (Å²) in [7, 11) is 0. The molecule has 0 spiro atoms. The second-order valence-corrected chi connectivity index (χ2v) is 11.9. The highest BCUT2D eigenvalue weighted by Crippen LogP contribution is 2.37. The monoisotopic (exact) mass is 570 g/mol. The molecule has 0 bridgehead atoms. The Balaban J connectivity index is 1.32. The number of fused-ring (bicyclic) bond motifs is 1. The Bertz CT molecular complexity index is 1510. The van der Waals surface area contributed by atoms with Gasteiger partial charge in [0.2, 0.25) is 5.95 Å². The van der Waals surface area contributed by atoms with Gasteiger partial charge in [0.25, 0.3) is 0 Å². The Morgan fingerprint density at radius 1 is 0.857 bits per heavy atom. The highest BCUT2D eigenvalue weighted by atomic mass is 19.1. The Labute approximate surface area is 246 Å². The zero-order chi connectivity index (χ0) is 28.3. The molecule has 1 atom stereocenters. The number of aromatic nitrogens is 4. The van der Waals surface area contributed by atoms with Crippen molar-refractivity contribution in [2.24, 2.45) is 0 Å². The Morgan fingerprint density at radius 3 is 2.33 bits per heavy atom. The van der Waals surface area contributed by atoms with Gasteiger partial charge in [-0.25, -0.2) is 18.9 Å². The van der Waals surface area contributed by atoms with Crippen LogP contribution in [0.4, 0.5) is 16.2 Å². The first kappa shape index (κ1) is 27.3. The molecule has 220 valence electrons. The first-order chi connectivity index (χ1) is 20.7. The summed E-state index contributed by atoms with van der Waals surface area (Å²) in [5.74, 6) is 1.28. The lowest BCUT2D eigenvalue weighted by atomic mass is 10.0. The molecule has 9 heteroatoms. The third kappa shape index (κ3) is 5.99. The van der Waals surface area contributed by atoms with E-state index in [1.807, 2.05) is 10.6 Å². The van der Waals surface area contributed by atoms with Crippen molar-refractivity contribution < 1.29 is 13.9 Å². The van der Waals surface area contributed by atoms with Gasteiger partial charge in [0.15, 0.2) is 6.29 Å². The maximum absolute atomic E-state index is 14.0. The summed E-state index contributed by atoms with van der Waals surface area (Å²) in [5, 5.41) is 12.4. The van der Waals surface area contributed by atoms with Gasteiger partial charge in [-0.2, -0.15) is 5.10 Å². The summed E-state index contributed by atoms with van der Waals surface area (Å²) in [4.78, 5) is 9.94. The fourth-order valence-corrected chi connectivity index (χ4v) is 6.56. The van der Waals surface area contributed by atoms with Crippen molar-refractivity contribution in [3.63, 3.8) is 0 Å². The van der Waals surface area contributed by atoms with Crippen molar-refractivity contribution in [1.29, 1.82) is 0 Å². The first-order valence-electron chi connectivity index (χ1n) is 15.6. The van der Waals surface area contributed by atoms with E-state index in [9.17, 15) is 4.39 Å². The fourth-order valence-electron chi connectivity index (χ4n) is 6.56. The van der Waals surface area contributed by atoms with Crippen molar-refractivity contribution >= 4 is 17.3 Å². The molecule has 1 saturated heterocycles. The summed E-state index contributed by atoms with van der Waals surface area (Å²) in [6.07, 6.45) is 12.3. The summed E-state index contributed by atoms with van der Waals surface area (Å²) >= 11 is 0. The molecular formula is C33H39FN6O2.